The summed E-state index contributed by atoms with van der Waals surface area (Å²) in [6.07, 6.45) is 2.32. The predicted molar refractivity (Wildman–Crippen MR) is 124 cm³/mol. The Hall–Kier alpha value is -2.53. The van der Waals surface area contributed by atoms with Crippen molar-refractivity contribution in [2.45, 2.75) is 31.5 Å². The highest BCUT2D eigenvalue weighted by molar-refractivity contribution is 5.85. The van der Waals surface area contributed by atoms with Crippen LogP contribution >= 0.6 is 12.4 Å². The number of nitrogens with one attached hydrogen (secondary N) is 2. The van der Waals surface area contributed by atoms with Crippen molar-refractivity contribution in [2.24, 2.45) is 0 Å². The highest BCUT2D eigenvalue weighted by atomic mass is 35.5. The zero-order chi connectivity index (χ0) is 19.9. The lowest BCUT2D eigenvalue weighted by Crippen LogP contribution is -2.45. The Labute approximate surface area is 185 Å². The summed E-state index contributed by atoms with van der Waals surface area (Å²) in [6, 6.07) is 27.2. The van der Waals surface area contributed by atoms with Gasteiger partial charge in [-0.1, -0.05) is 48.5 Å². The van der Waals surface area contributed by atoms with E-state index >= 15 is 0 Å². The molecule has 0 bridgehead atoms. The van der Waals surface area contributed by atoms with Gasteiger partial charge in [0.2, 0.25) is 0 Å². The van der Waals surface area contributed by atoms with Crippen molar-refractivity contribution in [2.75, 3.05) is 13.7 Å². The van der Waals surface area contributed by atoms with E-state index in [1.165, 1.54) is 12.0 Å². The Bertz CT molecular complexity index is 906. The van der Waals surface area contributed by atoms with E-state index in [2.05, 4.69) is 47.0 Å². The van der Waals surface area contributed by atoms with Crippen LogP contribution < -0.4 is 20.1 Å². The average molecular weight is 425 g/mol. The van der Waals surface area contributed by atoms with Crippen LogP contribution in [0.1, 0.15) is 30.0 Å². The Kier molecular flexibility index (Phi) is 8.14. The summed E-state index contributed by atoms with van der Waals surface area (Å²) in [4.78, 5) is 0. The summed E-state index contributed by atoms with van der Waals surface area (Å²) in [7, 11) is 1.71. The van der Waals surface area contributed by atoms with Gasteiger partial charge >= 0.3 is 0 Å². The minimum atomic E-state index is 0. The minimum Gasteiger partial charge on any atom is -0.496 e. The normalized spacial score (nSPS) is 18.3. The van der Waals surface area contributed by atoms with Gasteiger partial charge in [0.1, 0.15) is 17.2 Å². The van der Waals surface area contributed by atoms with Gasteiger partial charge in [0, 0.05) is 24.2 Å². The zero-order valence-corrected chi connectivity index (χ0v) is 18.0. The summed E-state index contributed by atoms with van der Waals surface area (Å²) < 4.78 is 11.6. The highest BCUT2D eigenvalue weighted by Gasteiger charge is 2.25. The van der Waals surface area contributed by atoms with Crippen LogP contribution in [-0.2, 0) is 6.54 Å². The summed E-state index contributed by atoms with van der Waals surface area (Å²) in [5.74, 6) is 2.52. The molecular weight excluding hydrogens is 396 g/mol. The quantitative estimate of drug-likeness (QED) is 0.526. The summed E-state index contributed by atoms with van der Waals surface area (Å²) in [6.45, 7) is 1.78. The van der Waals surface area contributed by atoms with Crippen LogP contribution in [0.25, 0.3) is 0 Å². The first-order valence-corrected chi connectivity index (χ1v) is 10.2. The lowest BCUT2D eigenvalue weighted by Gasteiger charge is -2.34. The monoisotopic (exact) mass is 424 g/mol. The van der Waals surface area contributed by atoms with Crippen LogP contribution in [-0.4, -0.2) is 19.7 Å². The molecule has 2 atom stereocenters. The molecule has 0 aliphatic carbocycles. The topological polar surface area (TPSA) is 42.5 Å². The van der Waals surface area contributed by atoms with Crippen LogP contribution in [0.3, 0.4) is 0 Å². The molecule has 1 fully saturated rings. The van der Waals surface area contributed by atoms with Gasteiger partial charge in [-0.2, -0.15) is 0 Å². The van der Waals surface area contributed by atoms with Crippen LogP contribution in [0.4, 0.5) is 0 Å². The lowest BCUT2D eigenvalue weighted by molar-refractivity contribution is 0.302. The highest BCUT2D eigenvalue weighted by Crippen LogP contribution is 2.29. The summed E-state index contributed by atoms with van der Waals surface area (Å²) >= 11 is 0. The third-order valence-electron chi connectivity index (χ3n) is 5.40. The van der Waals surface area contributed by atoms with E-state index in [-0.39, 0.29) is 12.4 Å². The van der Waals surface area contributed by atoms with Gasteiger partial charge in [-0.3, -0.25) is 0 Å². The number of halogens is 1. The van der Waals surface area contributed by atoms with Gasteiger partial charge in [0.05, 0.1) is 7.11 Å². The Balaban J connectivity index is 0.00000256. The number of para-hydroxylation sites is 1. The maximum atomic E-state index is 6.01. The fourth-order valence-corrected chi connectivity index (χ4v) is 3.94. The van der Waals surface area contributed by atoms with Crippen molar-refractivity contribution in [1.82, 2.24) is 10.6 Å². The number of hydrogen-bond donors (Lipinski definition) is 2. The maximum absolute atomic E-state index is 6.01. The first-order valence-electron chi connectivity index (χ1n) is 10.2. The largest absolute Gasteiger partial charge is 0.496 e. The van der Waals surface area contributed by atoms with Crippen molar-refractivity contribution in [3.63, 3.8) is 0 Å². The molecule has 0 unspecified atom stereocenters. The molecule has 158 valence electrons. The molecule has 4 nitrogen and oxygen atoms in total. The Morgan fingerprint density at radius 3 is 2.40 bits per heavy atom. The second-order valence-electron chi connectivity index (χ2n) is 7.36. The third-order valence-corrected chi connectivity index (χ3v) is 5.40. The Morgan fingerprint density at radius 1 is 0.933 bits per heavy atom. The van der Waals surface area contributed by atoms with Gasteiger partial charge in [0.25, 0.3) is 0 Å². The molecule has 0 amide bonds. The molecule has 1 saturated heterocycles. The van der Waals surface area contributed by atoms with E-state index in [1.54, 1.807) is 7.11 Å². The van der Waals surface area contributed by atoms with Gasteiger partial charge < -0.3 is 20.1 Å². The van der Waals surface area contributed by atoms with Gasteiger partial charge in [0.15, 0.2) is 0 Å². The molecule has 3 aromatic rings. The first kappa shape index (κ1) is 22.2. The molecule has 1 heterocycles. The van der Waals surface area contributed by atoms with Crippen LogP contribution in [0, 0.1) is 0 Å². The molecule has 1 aliphatic heterocycles. The fourth-order valence-electron chi connectivity index (χ4n) is 3.94. The van der Waals surface area contributed by atoms with E-state index in [0.717, 1.165) is 42.3 Å². The molecule has 4 rings (SSSR count). The molecule has 0 radical (unpaired) electrons. The van der Waals surface area contributed by atoms with Crippen molar-refractivity contribution < 1.29 is 9.47 Å². The lowest BCUT2D eigenvalue weighted by atomic mass is 9.92. The van der Waals surface area contributed by atoms with Crippen LogP contribution in [0.15, 0.2) is 78.9 Å². The molecule has 0 spiro atoms. The molecule has 1 aliphatic rings. The molecular formula is C25H29ClN2O2. The molecule has 2 N–H and O–H groups in total. The smallest absolute Gasteiger partial charge is 0.128 e. The summed E-state index contributed by atoms with van der Waals surface area (Å²) in [5.41, 5.74) is 2.43. The van der Waals surface area contributed by atoms with E-state index < -0.39 is 0 Å². The molecule has 3 aromatic carbocycles. The second kappa shape index (κ2) is 11.0. The SMILES string of the molecule is COc1ccc(Oc2ccccc2)cc1CN[C@H]1CCCN[C@H]1c1ccccc1.Cl. The zero-order valence-electron chi connectivity index (χ0n) is 17.2. The minimum absolute atomic E-state index is 0. The number of benzene rings is 3. The number of rotatable bonds is 7. The number of hydrogen-bond acceptors (Lipinski definition) is 4. The third kappa shape index (κ3) is 5.54. The fraction of sp³-hybridized carbons (Fsp3) is 0.280. The van der Waals surface area contributed by atoms with E-state index in [9.17, 15) is 0 Å². The van der Waals surface area contributed by atoms with Crippen molar-refractivity contribution in [3.8, 4) is 17.2 Å². The van der Waals surface area contributed by atoms with Gasteiger partial charge in [-0.15, -0.1) is 12.4 Å². The standard InChI is InChI=1S/C25H28N2O2.ClH/c1-28-24-15-14-22(29-21-11-6-3-7-12-21)17-20(24)18-27-23-13-8-16-26-25(23)19-9-4-2-5-10-19;/h2-7,9-12,14-15,17,23,25-27H,8,13,16,18H2,1H3;1H/t23-,25-;/m0./s1. The molecule has 0 aromatic heterocycles. The van der Waals surface area contributed by atoms with Crippen molar-refractivity contribution >= 4 is 12.4 Å². The molecule has 0 saturated carbocycles. The predicted octanol–water partition coefficient (Wildman–Crippen LogP) is 5.49. The average Bonchev–Trinajstić information content (AvgIpc) is 2.79. The number of piperidine rings is 1. The van der Waals surface area contributed by atoms with Crippen LogP contribution in [0.2, 0.25) is 0 Å². The van der Waals surface area contributed by atoms with Crippen LogP contribution in [0.5, 0.6) is 17.2 Å². The van der Waals surface area contributed by atoms with E-state index in [1.807, 2.05) is 42.5 Å². The van der Waals surface area contributed by atoms with E-state index in [4.69, 9.17) is 9.47 Å². The van der Waals surface area contributed by atoms with Gasteiger partial charge in [-0.25, -0.2) is 0 Å². The second-order valence-corrected chi connectivity index (χ2v) is 7.36. The molecule has 5 heteroatoms. The number of ether oxygens (including phenoxy) is 2. The summed E-state index contributed by atoms with van der Waals surface area (Å²) in [5, 5.41) is 7.43. The van der Waals surface area contributed by atoms with Gasteiger partial charge in [-0.05, 0) is 55.3 Å². The van der Waals surface area contributed by atoms with Crippen molar-refractivity contribution in [1.29, 1.82) is 0 Å². The van der Waals surface area contributed by atoms with Crippen molar-refractivity contribution in [3.05, 3.63) is 90.0 Å². The Morgan fingerprint density at radius 2 is 1.67 bits per heavy atom. The number of methoxy groups -OCH3 is 1. The maximum Gasteiger partial charge on any atom is 0.128 e. The molecule has 30 heavy (non-hydrogen) atoms. The first-order chi connectivity index (χ1) is 14.3. The van der Waals surface area contributed by atoms with E-state index in [0.29, 0.717) is 12.1 Å².